The maximum absolute atomic E-state index is 14.3. The first-order chi connectivity index (χ1) is 11.6. The van der Waals surface area contributed by atoms with E-state index in [1.54, 1.807) is 27.7 Å². The summed E-state index contributed by atoms with van der Waals surface area (Å²) < 4.78 is 38.0. The first kappa shape index (κ1) is 18.8. The fraction of sp³-hybridized carbons (Fsp3) is 0.471. The molecule has 0 radical (unpaired) electrons. The second-order valence-electron chi connectivity index (χ2n) is 6.52. The number of carbonyl (C=O) groups is 1. The monoisotopic (exact) mass is 353 g/mol. The van der Waals surface area contributed by atoms with Gasteiger partial charge in [0.1, 0.15) is 23.3 Å². The van der Waals surface area contributed by atoms with Crippen LogP contribution in [0, 0.1) is 11.6 Å². The molecular formula is C17H21F2N3O3. The van der Waals surface area contributed by atoms with Gasteiger partial charge in [-0.25, -0.2) is 13.6 Å². The lowest BCUT2D eigenvalue weighted by Gasteiger charge is -2.30. The molecule has 6 nitrogen and oxygen atoms in total. The molecule has 1 aromatic heterocycles. The number of nitrogens with zero attached hydrogens (tertiary/aromatic N) is 3. The number of rotatable bonds is 4. The molecule has 0 saturated carbocycles. The van der Waals surface area contributed by atoms with E-state index in [0.29, 0.717) is 18.3 Å². The van der Waals surface area contributed by atoms with E-state index >= 15 is 0 Å². The molecule has 1 amide bonds. The van der Waals surface area contributed by atoms with Crippen molar-refractivity contribution in [2.45, 2.75) is 52.7 Å². The number of aryl methyl sites for hydroxylation is 1. The Kier molecular flexibility index (Phi) is 5.39. The molecule has 2 rings (SSSR count). The maximum Gasteiger partial charge on any atom is 0.415 e. The Morgan fingerprint density at radius 3 is 2.56 bits per heavy atom. The Morgan fingerprint density at radius 2 is 2.04 bits per heavy atom. The smallest absolute Gasteiger partial charge is 0.415 e. The summed E-state index contributed by atoms with van der Waals surface area (Å²) in [7, 11) is 0. The van der Waals surface area contributed by atoms with Crippen molar-refractivity contribution < 1.29 is 22.8 Å². The topological polar surface area (TPSA) is 68.5 Å². The van der Waals surface area contributed by atoms with E-state index in [-0.39, 0.29) is 11.6 Å². The number of carbonyl (C=O) groups excluding carboxylic acids is 1. The molecule has 0 spiro atoms. The van der Waals surface area contributed by atoms with Gasteiger partial charge in [-0.1, -0.05) is 12.1 Å². The largest absolute Gasteiger partial charge is 0.443 e. The lowest BCUT2D eigenvalue weighted by molar-refractivity contribution is 0.0560. The van der Waals surface area contributed by atoms with Crippen molar-refractivity contribution in [3.8, 4) is 0 Å². The molecule has 8 heteroatoms. The molecule has 0 aliphatic rings. The van der Waals surface area contributed by atoms with Crippen molar-refractivity contribution in [2.24, 2.45) is 0 Å². The molecule has 1 unspecified atom stereocenters. The number of aromatic nitrogens is 2. The first-order valence-electron chi connectivity index (χ1n) is 7.92. The zero-order chi connectivity index (χ0) is 18.8. The third kappa shape index (κ3) is 4.52. The fourth-order valence-electron chi connectivity index (χ4n) is 2.14. The highest BCUT2D eigenvalue weighted by atomic mass is 19.1. The normalized spacial score (nSPS) is 12.8. The summed E-state index contributed by atoms with van der Waals surface area (Å²) in [6.45, 7) is 8.52. The molecule has 1 aromatic carbocycles. The van der Waals surface area contributed by atoms with Crippen molar-refractivity contribution in [2.75, 3.05) is 4.90 Å². The first-order valence-corrected chi connectivity index (χ1v) is 7.92. The van der Waals surface area contributed by atoms with E-state index in [0.717, 1.165) is 11.0 Å². The van der Waals surface area contributed by atoms with E-state index in [4.69, 9.17) is 9.26 Å². The quantitative estimate of drug-likeness (QED) is 0.814. The number of halogens is 2. The van der Waals surface area contributed by atoms with Crippen LogP contribution in [0.15, 0.2) is 22.7 Å². The average Bonchev–Trinajstić information content (AvgIpc) is 2.96. The summed E-state index contributed by atoms with van der Waals surface area (Å²) in [5.41, 5.74) is -0.936. The minimum Gasteiger partial charge on any atom is -0.443 e. The number of amides is 1. The van der Waals surface area contributed by atoms with Crippen molar-refractivity contribution in [1.82, 2.24) is 10.1 Å². The van der Waals surface area contributed by atoms with E-state index in [2.05, 4.69) is 10.1 Å². The average molecular weight is 353 g/mol. The minimum absolute atomic E-state index is 0.131. The van der Waals surface area contributed by atoms with Crippen molar-refractivity contribution in [1.29, 1.82) is 0 Å². The third-order valence-electron chi connectivity index (χ3n) is 3.30. The summed E-state index contributed by atoms with van der Waals surface area (Å²) in [4.78, 5) is 17.9. The number of benzene rings is 1. The van der Waals surface area contributed by atoms with Crippen LogP contribution in [0.3, 0.4) is 0 Å². The molecule has 0 N–H and O–H groups in total. The van der Waals surface area contributed by atoms with Gasteiger partial charge in [0.2, 0.25) is 5.89 Å². The van der Waals surface area contributed by atoms with Gasteiger partial charge >= 0.3 is 6.09 Å². The summed E-state index contributed by atoms with van der Waals surface area (Å²) in [6, 6.07) is 2.13. The molecule has 1 heterocycles. The summed E-state index contributed by atoms with van der Waals surface area (Å²) in [5, 5.41) is 3.78. The molecular weight excluding hydrogens is 332 g/mol. The number of anilines is 1. The second kappa shape index (κ2) is 7.16. The molecule has 0 saturated heterocycles. The van der Waals surface area contributed by atoms with Gasteiger partial charge in [0.05, 0.1) is 5.69 Å². The minimum atomic E-state index is -0.895. The van der Waals surface area contributed by atoms with Crippen molar-refractivity contribution in [3.05, 3.63) is 41.5 Å². The highest BCUT2D eigenvalue weighted by Gasteiger charge is 2.33. The maximum atomic E-state index is 14.3. The van der Waals surface area contributed by atoms with E-state index < -0.39 is 29.4 Å². The Bertz CT molecular complexity index is 756. The van der Waals surface area contributed by atoms with Crippen LogP contribution < -0.4 is 4.90 Å². The van der Waals surface area contributed by atoms with Gasteiger partial charge in [-0.05, 0) is 39.8 Å². The molecule has 136 valence electrons. The molecule has 25 heavy (non-hydrogen) atoms. The van der Waals surface area contributed by atoms with Crippen LogP contribution in [-0.2, 0) is 11.2 Å². The zero-order valence-electron chi connectivity index (χ0n) is 14.8. The standard InChI is InChI=1S/C17H21F2N3O3/c1-6-14-20-15(25-21-14)10(2)22(16(23)24-17(3,4)5)13-8-7-11(18)9-12(13)19/h7-10H,6H2,1-5H3. The van der Waals surface area contributed by atoms with Gasteiger partial charge in [0, 0.05) is 12.5 Å². The molecule has 2 aromatic rings. The summed E-state index contributed by atoms with van der Waals surface area (Å²) >= 11 is 0. The van der Waals surface area contributed by atoms with E-state index in [1.165, 1.54) is 6.07 Å². The van der Waals surface area contributed by atoms with Gasteiger partial charge < -0.3 is 9.26 Å². The lowest BCUT2D eigenvalue weighted by Crippen LogP contribution is -2.39. The molecule has 0 bridgehead atoms. The van der Waals surface area contributed by atoms with Crippen LogP contribution in [0.1, 0.15) is 52.4 Å². The number of hydrogen-bond acceptors (Lipinski definition) is 5. The second-order valence-corrected chi connectivity index (χ2v) is 6.52. The van der Waals surface area contributed by atoms with Gasteiger partial charge in [0.25, 0.3) is 0 Å². The van der Waals surface area contributed by atoms with Gasteiger partial charge in [-0.3, -0.25) is 4.90 Å². The molecule has 1 atom stereocenters. The Balaban J connectivity index is 2.45. The fourth-order valence-corrected chi connectivity index (χ4v) is 2.14. The Morgan fingerprint density at radius 1 is 1.36 bits per heavy atom. The number of hydrogen-bond donors (Lipinski definition) is 0. The van der Waals surface area contributed by atoms with Crippen LogP contribution in [-0.4, -0.2) is 21.8 Å². The zero-order valence-corrected chi connectivity index (χ0v) is 14.8. The summed E-state index contributed by atoms with van der Waals surface area (Å²) in [5.74, 6) is -1.05. The predicted octanol–water partition coefficient (Wildman–Crippen LogP) is 4.41. The third-order valence-corrected chi connectivity index (χ3v) is 3.30. The van der Waals surface area contributed by atoms with Crippen molar-refractivity contribution >= 4 is 11.8 Å². The van der Waals surface area contributed by atoms with E-state index in [9.17, 15) is 13.6 Å². The lowest BCUT2D eigenvalue weighted by atomic mass is 10.2. The van der Waals surface area contributed by atoms with Crippen LogP contribution in [0.25, 0.3) is 0 Å². The molecule has 0 aliphatic carbocycles. The molecule has 0 fully saturated rings. The predicted molar refractivity (Wildman–Crippen MR) is 87.2 cm³/mol. The summed E-state index contributed by atoms with van der Waals surface area (Å²) in [6.07, 6.45) is -0.255. The van der Waals surface area contributed by atoms with Gasteiger partial charge in [-0.15, -0.1) is 0 Å². The molecule has 0 aliphatic heterocycles. The van der Waals surface area contributed by atoms with Crippen LogP contribution >= 0.6 is 0 Å². The van der Waals surface area contributed by atoms with Crippen LogP contribution in [0.5, 0.6) is 0 Å². The number of ether oxygens (including phenoxy) is 1. The Hall–Kier alpha value is -2.51. The highest BCUT2D eigenvalue weighted by Crippen LogP contribution is 2.30. The SMILES string of the molecule is CCc1noc(C(C)N(C(=O)OC(C)(C)C)c2ccc(F)cc2F)n1. The van der Waals surface area contributed by atoms with Gasteiger partial charge in [0.15, 0.2) is 5.82 Å². The Labute approximate surface area is 144 Å². The van der Waals surface area contributed by atoms with Crippen LogP contribution in [0.4, 0.5) is 19.3 Å². The van der Waals surface area contributed by atoms with Gasteiger partial charge in [-0.2, -0.15) is 4.98 Å². The van der Waals surface area contributed by atoms with Crippen LogP contribution in [0.2, 0.25) is 0 Å². The highest BCUT2D eigenvalue weighted by molar-refractivity contribution is 5.88. The van der Waals surface area contributed by atoms with E-state index in [1.807, 2.05) is 6.92 Å². The van der Waals surface area contributed by atoms with Crippen molar-refractivity contribution in [3.63, 3.8) is 0 Å².